The van der Waals surface area contributed by atoms with Crippen molar-refractivity contribution in [3.8, 4) is 5.88 Å². The molecule has 0 radical (unpaired) electrons. The molecule has 0 fully saturated rings. The van der Waals surface area contributed by atoms with Crippen molar-refractivity contribution < 1.29 is 13.2 Å². The third kappa shape index (κ3) is 3.25. The molecule has 0 amide bonds. The summed E-state index contributed by atoms with van der Waals surface area (Å²) in [6.07, 6.45) is 1.21. The van der Waals surface area contributed by atoms with Crippen molar-refractivity contribution in [1.82, 2.24) is 4.98 Å². The van der Waals surface area contributed by atoms with Crippen LogP contribution in [0.1, 0.15) is 13.8 Å². The van der Waals surface area contributed by atoms with E-state index >= 15 is 0 Å². The first-order valence-corrected chi connectivity index (χ1v) is 7.30. The predicted octanol–water partition coefficient (Wildman–Crippen LogP) is 0.907. The van der Waals surface area contributed by atoms with Gasteiger partial charge in [0.2, 0.25) is 5.88 Å². The van der Waals surface area contributed by atoms with E-state index in [1.165, 1.54) is 13.4 Å². The highest BCUT2D eigenvalue weighted by Gasteiger charge is 2.30. The highest BCUT2D eigenvalue weighted by atomic mass is 32.2. The molecule has 6 nitrogen and oxygen atoms in total. The molecule has 0 unspecified atom stereocenters. The normalized spacial score (nSPS) is 12.2. The molecule has 7 heteroatoms. The minimum absolute atomic E-state index is 0.218. The Morgan fingerprint density at radius 3 is 2.56 bits per heavy atom. The van der Waals surface area contributed by atoms with Gasteiger partial charge in [0.15, 0.2) is 15.7 Å². The Labute approximate surface area is 107 Å². The molecule has 0 bridgehead atoms. The Morgan fingerprint density at radius 2 is 2.06 bits per heavy atom. The van der Waals surface area contributed by atoms with Crippen LogP contribution >= 0.6 is 0 Å². The average molecular weight is 273 g/mol. The van der Waals surface area contributed by atoms with Gasteiger partial charge in [-0.1, -0.05) is 0 Å². The predicted molar refractivity (Wildman–Crippen MR) is 72.6 cm³/mol. The van der Waals surface area contributed by atoms with Crippen molar-refractivity contribution in [1.29, 1.82) is 0 Å². The fraction of sp³-hybridized carbons (Fsp3) is 0.545. The molecular formula is C11H19N3O3S. The van der Waals surface area contributed by atoms with Crippen LogP contribution in [0.5, 0.6) is 5.88 Å². The summed E-state index contributed by atoms with van der Waals surface area (Å²) in [4.78, 5) is 4.12. The number of ether oxygens (including phenoxy) is 1. The molecule has 0 atom stereocenters. The van der Waals surface area contributed by atoms with Gasteiger partial charge in [-0.25, -0.2) is 8.42 Å². The van der Waals surface area contributed by atoms with E-state index in [0.29, 0.717) is 17.4 Å². The molecule has 0 aromatic carbocycles. The quantitative estimate of drug-likeness (QED) is 0.828. The van der Waals surface area contributed by atoms with E-state index in [-0.39, 0.29) is 6.54 Å². The minimum atomic E-state index is -3.16. The first kappa shape index (κ1) is 14.6. The van der Waals surface area contributed by atoms with Crippen LogP contribution in [0.4, 0.5) is 11.5 Å². The lowest BCUT2D eigenvalue weighted by molar-refractivity contribution is 0.398. The summed E-state index contributed by atoms with van der Waals surface area (Å²) in [7, 11) is -1.66. The Morgan fingerprint density at radius 1 is 1.44 bits per heavy atom. The average Bonchev–Trinajstić information content (AvgIpc) is 2.26. The molecule has 3 N–H and O–H groups in total. The Balaban J connectivity index is 2.87. The molecule has 0 aliphatic rings. The fourth-order valence-electron chi connectivity index (χ4n) is 1.13. The van der Waals surface area contributed by atoms with Crippen molar-refractivity contribution in [3.63, 3.8) is 0 Å². The summed E-state index contributed by atoms with van der Waals surface area (Å²) >= 11 is 0. The maximum atomic E-state index is 11.6. The maximum Gasteiger partial charge on any atom is 0.215 e. The fourth-order valence-corrected chi connectivity index (χ4v) is 1.47. The zero-order valence-corrected chi connectivity index (χ0v) is 11.8. The molecule has 0 spiro atoms. The molecular weight excluding hydrogens is 254 g/mol. The zero-order valence-electron chi connectivity index (χ0n) is 11.0. The number of nitrogens with one attached hydrogen (secondary N) is 1. The van der Waals surface area contributed by atoms with Gasteiger partial charge in [0.1, 0.15) is 0 Å². The largest absolute Gasteiger partial charge is 0.481 e. The number of nitrogen functional groups attached to an aromatic ring is 1. The van der Waals surface area contributed by atoms with Crippen LogP contribution in [0, 0.1) is 0 Å². The van der Waals surface area contributed by atoms with Crippen molar-refractivity contribution in [2.45, 2.75) is 18.6 Å². The lowest BCUT2D eigenvalue weighted by atomic mass is 10.2. The first-order chi connectivity index (χ1) is 8.17. The number of nitrogens with two attached hydrogens (primary N) is 1. The first-order valence-electron chi connectivity index (χ1n) is 5.41. The lowest BCUT2D eigenvalue weighted by Crippen LogP contribution is -2.38. The van der Waals surface area contributed by atoms with Crippen molar-refractivity contribution in [2.75, 3.05) is 31.0 Å². The van der Waals surface area contributed by atoms with E-state index in [9.17, 15) is 8.42 Å². The second kappa shape index (κ2) is 5.01. The van der Waals surface area contributed by atoms with Crippen molar-refractivity contribution >= 4 is 21.3 Å². The zero-order chi connectivity index (χ0) is 14.0. The number of rotatable bonds is 5. The van der Waals surface area contributed by atoms with E-state index in [0.717, 1.165) is 0 Å². The number of hydrogen-bond acceptors (Lipinski definition) is 6. The van der Waals surface area contributed by atoms with Crippen LogP contribution in [0.25, 0.3) is 0 Å². The van der Waals surface area contributed by atoms with Gasteiger partial charge in [0, 0.05) is 18.9 Å². The molecule has 1 rings (SSSR count). The molecule has 0 saturated carbocycles. The number of pyridine rings is 1. The van der Waals surface area contributed by atoms with Crippen LogP contribution < -0.4 is 15.8 Å². The number of hydrogen-bond donors (Lipinski definition) is 2. The third-order valence-corrected chi connectivity index (χ3v) is 4.95. The Kier molecular flexibility index (Phi) is 4.05. The molecule has 1 aromatic rings. The van der Waals surface area contributed by atoms with Crippen LogP contribution in [-0.2, 0) is 9.84 Å². The molecule has 18 heavy (non-hydrogen) atoms. The standard InChI is InChI=1S/C11H19N3O3S/c1-11(2,18(4,15)16)7-13-10-8(12)5-6-9(14-10)17-3/h5-6H,7,12H2,1-4H3,(H,13,14). The van der Waals surface area contributed by atoms with Gasteiger partial charge in [0.05, 0.1) is 17.5 Å². The van der Waals surface area contributed by atoms with Gasteiger partial charge in [-0.3, -0.25) is 0 Å². The summed E-state index contributed by atoms with van der Waals surface area (Å²) < 4.78 is 27.2. The summed E-state index contributed by atoms with van der Waals surface area (Å²) in [6.45, 7) is 3.51. The van der Waals surface area contributed by atoms with Crippen molar-refractivity contribution in [3.05, 3.63) is 12.1 Å². The topological polar surface area (TPSA) is 94.3 Å². The molecule has 0 saturated heterocycles. The number of sulfone groups is 1. The molecule has 102 valence electrons. The summed E-state index contributed by atoms with van der Waals surface area (Å²) in [5.41, 5.74) is 6.20. The van der Waals surface area contributed by atoms with E-state index in [1.54, 1.807) is 26.0 Å². The number of aromatic nitrogens is 1. The number of methoxy groups -OCH3 is 1. The van der Waals surface area contributed by atoms with E-state index < -0.39 is 14.6 Å². The van der Waals surface area contributed by atoms with Gasteiger partial charge in [-0.2, -0.15) is 4.98 Å². The van der Waals surface area contributed by atoms with Gasteiger partial charge < -0.3 is 15.8 Å². The van der Waals surface area contributed by atoms with Gasteiger partial charge in [0.25, 0.3) is 0 Å². The van der Waals surface area contributed by atoms with Crippen LogP contribution in [0.3, 0.4) is 0 Å². The second-order valence-electron chi connectivity index (χ2n) is 4.68. The van der Waals surface area contributed by atoms with Crippen LogP contribution in [-0.4, -0.2) is 38.1 Å². The molecule has 1 aromatic heterocycles. The molecule has 0 aliphatic carbocycles. The number of anilines is 2. The minimum Gasteiger partial charge on any atom is -0.481 e. The lowest BCUT2D eigenvalue weighted by Gasteiger charge is -2.23. The second-order valence-corrected chi connectivity index (χ2v) is 7.33. The highest BCUT2D eigenvalue weighted by Crippen LogP contribution is 2.22. The third-order valence-electron chi connectivity index (χ3n) is 2.80. The van der Waals surface area contributed by atoms with E-state index in [4.69, 9.17) is 10.5 Å². The highest BCUT2D eigenvalue weighted by molar-refractivity contribution is 7.92. The van der Waals surface area contributed by atoms with Gasteiger partial charge in [-0.05, 0) is 19.9 Å². The Hall–Kier alpha value is -1.50. The smallest absolute Gasteiger partial charge is 0.215 e. The van der Waals surface area contributed by atoms with Crippen LogP contribution in [0.2, 0.25) is 0 Å². The summed E-state index contributed by atoms with van der Waals surface area (Å²) in [5, 5.41) is 2.94. The van der Waals surface area contributed by atoms with Crippen molar-refractivity contribution in [2.24, 2.45) is 0 Å². The maximum absolute atomic E-state index is 11.6. The monoisotopic (exact) mass is 273 g/mol. The molecule has 1 heterocycles. The van der Waals surface area contributed by atoms with E-state index in [1.807, 2.05) is 0 Å². The summed E-state index contributed by atoms with van der Waals surface area (Å²) in [6, 6.07) is 3.30. The summed E-state index contributed by atoms with van der Waals surface area (Å²) in [5.74, 6) is 0.843. The van der Waals surface area contributed by atoms with Gasteiger partial charge in [-0.15, -0.1) is 0 Å². The Bertz CT molecular complexity index is 526. The van der Waals surface area contributed by atoms with E-state index in [2.05, 4.69) is 10.3 Å². The molecule has 0 aliphatic heterocycles. The van der Waals surface area contributed by atoms with Crippen LogP contribution in [0.15, 0.2) is 12.1 Å². The van der Waals surface area contributed by atoms with Gasteiger partial charge >= 0.3 is 0 Å². The SMILES string of the molecule is COc1ccc(N)c(NCC(C)(C)S(C)(=O)=O)n1. The number of nitrogens with zero attached hydrogens (tertiary/aromatic N) is 1.